The van der Waals surface area contributed by atoms with Crippen LogP contribution in [0.3, 0.4) is 0 Å². The highest BCUT2D eigenvalue weighted by atomic mass is 16.3. The van der Waals surface area contributed by atoms with Crippen LogP contribution in [0.2, 0.25) is 0 Å². The summed E-state index contributed by atoms with van der Waals surface area (Å²) in [7, 11) is 0. The van der Waals surface area contributed by atoms with Crippen molar-refractivity contribution in [2.45, 2.75) is 44.8 Å². The number of aryl methyl sites for hydroxylation is 1. The molecule has 2 heterocycles. The summed E-state index contributed by atoms with van der Waals surface area (Å²) >= 11 is 0. The number of hydrogen-bond donors (Lipinski definition) is 3. The first-order chi connectivity index (χ1) is 13.1. The Labute approximate surface area is 159 Å². The molecule has 0 spiro atoms. The van der Waals surface area contributed by atoms with Crippen molar-refractivity contribution in [1.82, 2.24) is 15.6 Å². The maximum atomic E-state index is 12.1. The van der Waals surface area contributed by atoms with Crippen LogP contribution in [0.4, 0.5) is 5.82 Å². The van der Waals surface area contributed by atoms with Crippen molar-refractivity contribution in [3.8, 4) is 5.75 Å². The summed E-state index contributed by atoms with van der Waals surface area (Å²) in [6.45, 7) is 4.48. The number of nitrogens with one attached hydrogen (secondary N) is 2. The normalized spacial score (nSPS) is 19.3. The summed E-state index contributed by atoms with van der Waals surface area (Å²) in [5, 5.41) is 16.5. The number of nitrogens with zero attached hydrogens (tertiary/aromatic N) is 2. The Morgan fingerprint density at radius 1 is 1.22 bits per heavy atom. The molecule has 1 atom stereocenters. The highest BCUT2D eigenvalue weighted by Gasteiger charge is 2.25. The van der Waals surface area contributed by atoms with E-state index in [1.54, 1.807) is 12.3 Å². The van der Waals surface area contributed by atoms with E-state index in [0.29, 0.717) is 29.9 Å². The average Bonchev–Trinajstić information content (AvgIpc) is 3.36. The predicted octanol–water partition coefficient (Wildman–Crippen LogP) is 2.36. The Bertz CT molecular complexity index is 817. The Hall–Kier alpha value is -2.60. The lowest BCUT2D eigenvalue weighted by Gasteiger charge is -2.18. The van der Waals surface area contributed by atoms with Gasteiger partial charge in [0.05, 0.1) is 5.56 Å². The molecule has 1 amide bonds. The summed E-state index contributed by atoms with van der Waals surface area (Å²) in [6, 6.07) is 10.2. The zero-order valence-electron chi connectivity index (χ0n) is 15.6. The number of phenolic OH excluding ortho intramolecular Hbond substituents is 1. The third kappa shape index (κ3) is 4.39. The summed E-state index contributed by atoms with van der Waals surface area (Å²) in [5.41, 5.74) is 2.69. The molecule has 6 heteroatoms. The minimum atomic E-state index is -0.0320. The molecule has 2 aromatic rings. The Balaban J connectivity index is 1.31. The third-order valence-electron chi connectivity index (χ3n) is 5.25. The second-order valence-corrected chi connectivity index (χ2v) is 7.60. The van der Waals surface area contributed by atoms with Gasteiger partial charge in [-0.15, -0.1) is 0 Å². The number of carbonyl (C=O) groups is 1. The van der Waals surface area contributed by atoms with Crippen LogP contribution in [0.1, 0.15) is 40.7 Å². The van der Waals surface area contributed by atoms with Crippen LogP contribution in [0.5, 0.6) is 5.75 Å². The zero-order chi connectivity index (χ0) is 18.8. The largest absolute Gasteiger partial charge is 0.508 e. The smallest absolute Gasteiger partial charge is 0.253 e. The quantitative estimate of drug-likeness (QED) is 0.732. The van der Waals surface area contributed by atoms with Gasteiger partial charge in [-0.3, -0.25) is 4.79 Å². The maximum Gasteiger partial charge on any atom is 0.253 e. The van der Waals surface area contributed by atoms with Gasteiger partial charge in [0.2, 0.25) is 0 Å². The molecule has 142 valence electrons. The number of benzene rings is 1. The Morgan fingerprint density at radius 2 is 2.07 bits per heavy atom. The van der Waals surface area contributed by atoms with Crippen LogP contribution in [0, 0.1) is 6.92 Å². The van der Waals surface area contributed by atoms with Crippen LogP contribution in [0.25, 0.3) is 0 Å². The lowest BCUT2D eigenvalue weighted by atomic mass is 10.1. The number of pyridine rings is 1. The molecule has 2 fully saturated rings. The van der Waals surface area contributed by atoms with Crippen molar-refractivity contribution < 1.29 is 9.90 Å². The summed E-state index contributed by atoms with van der Waals surface area (Å²) in [6.07, 6.45) is 4.86. The minimum Gasteiger partial charge on any atom is -0.508 e. The SMILES string of the molecule is Cc1ccc(O)c(CNC2CCN(c3ccc(C(=O)NC4CC4)cn3)C2)c1. The van der Waals surface area contributed by atoms with E-state index >= 15 is 0 Å². The third-order valence-corrected chi connectivity index (χ3v) is 5.25. The highest BCUT2D eigenvalue weighted by Crippen LogP contribution is 2.22. The van der Waals surface area contributed by atoms with Gasteiger partial charge in [-0.05, 0) is 44.4 Å². The first kappa shape index (κ1) is 17.8. The summed E-state index contributed by atoms with van der Waals surface area (Å²) in [5.74, 6) is 1.21. The van der Waals surface area contributed by atoms with Crippen LogP contribution in [-0.4, -0.2) is 41.2 Å². The zero-order valence-corrected chi connectivity index (χ0v) is 15.6. The second-order valence-electron chi connectivity index (χ2n) is 7.60. The molecule has 2 aliphatic rings. The second kappa shape index (κ2) is 7.56. The number of aromatic nitrogens is 1. The van der Waals surface area contributed by atoms with Crippen molar-refractivity contribution in [2.75, 3.05) is 18.0 Å². The topological polar surface area (TPSA) is 77.5 Å². The van der Waals surface area contributed by atoms with Crippen molar-refractivity contribution >= 4 is 11.7 Å². The fourth-order valence-electron chi connectivity index (χ4n) is 3.45. The van der Waals surface area contributed by atoms with E-state index in [0.717, 1.165) is 49.3 Å². The van der Waals surface area contributed by atoms with E-state index in [1.807, 2.05) is 31.2 Å². The number of amides is 1. The van der Waals surface area contributed by atoms with Gasteiger partial charge < -0.3 is 20.6 Å². The molecular formula is C21H26N4O2. The number of carbonyl (C=O) groups excluding carboxylic acids is 1. The van der Waals surface area contributed by atoms with Gasteiger partial charge in [-0.2, -0.15) is 0 Å². The number of hydrogen-bond acceptors (Lipinski definition) is 5. The Kier molecular flexibility index (Phi) is 4.99. The van der Waals surface area contributed by atoms with Crippen molar-refractivity contribution in [2.24, 2.45) is 0 Å². The first-order valence-electron chi connectivity index (χ1n) is 9.62. The molecule has 6 nitrogen and oxygen atoms in total. The van der Waals surface area contributed by atoms with Gasteiger partial charge in [0.15, 0.2) is 0 Å². The van der Waals surface area contributed by atoms with Crippen molar-refractivity contribution in [3.63, 3.8) is 0 Å². The number of anilines is 1. The van der Waals surface area contributed by atoms with Gasteiger partial charge >= 0.3 is 0 Å². The molecule has 0 bridgehead atoms. The minimum absolute atomic E-state index is 0.0320. The molecule has 1 aromatic carbocycles. The first-order valence-corrected chi connectivity index (χ1v) is 9.62. The van der Waals surface area contributed by atoms with Gasteiger partial charge in [0, 0.05) is 43.5 Å². The fourth-order valence-corrected chi connectivity index (χ4v) is 3.45. The van der Waals surface area contributed by atoms with Crippen LogP contribution in [0.15, 0.2) is 36.5 Å². The monoisotopic (exact) mass is 366 g/mol. The maximum absolute atomic E-state index is 12.1. The highest BCUT2D eigenvalue weighted by molar-refractivity contribution is 5.94. The molecule has 1 aliphatic heterocycles. The molecule has 3 N–H and O–H groups in total. The van der Waals surface area contributed by atoms with Crippen LogP contribution < -0.4 is 15.5 Å². The van der Waals surface area contributed by atoms with Crippen molar-refractivity contribution in [3.05, 3.63) is 53.2 Å². The molecule has 27 heavy (non-hydrogen) atoms. The number of phenols is 1. The number of rotatable bonds is 6. The van der Waals surface area contributed by atoms with Gasteiger partial charge in [-0.1, -0.05) is 17.7 Å². The number of aromatic hydroxyl groups is 1. The lowest BCUT2D eigenvalue weighted by Crippen LogP contribution is -2.32. The van der Waals surface area contributed by atoms with E-state index in [2.05, 4.69) is 20.5 Å². The van der Waals surface area contributed by atoms with E-state index < -0.39 is 0 Å². The van der Waals surface area contributed by atoms with Gasteiger partial charge in [0.25, 0.3) is 5.91 Å². The molecule has 0 radical (unpaired) electrons. The van der Waals surface area contributed by atoms with Gasteiger partial charge in [-0.25, -0.2) is 4.98 Å². The van der Waals surface area contributed by atoms with E-state index in [1.165, 1.54) is 0 Å². The van der Waals surface area contributed by atoms with E-state index in [9.17, 15) is 9.90 Å². The van der Waals surface area contributed by atoms with Crippen molar-refractivity contribution in [1.29, 1.82) is 0 Å². The molecule has 1 aromatic heterocycles. The molecular weight excluding hydrogens is 340 g/mol. The standard InChI is InChI=1S/C21H26N4O2/c1-14-2-6-19(26)16(10-14)12-22-18-8-9-25(13-18)20-7-3-15(11-23-20)21(27)24-17-4-5-17/h2-3,6-7,10-11,17-18,22,26H,4-5,8-9,12-13H2,1H3,(H,24,27). The lowest BCUT2D eigenvalue weighted by molar-refractivity contribution is 0.0950. The molecule has 1 aliphatic carbocycles. The summed E-state index contributed by atoms with van der Waals surface area (Å²) in [4.78, 5) is 18.8. The average molecular weight is 366 g/mol. The van der Waals surface area contributed by atoms with E-state index in [-0.39, 0.29) is 5.91 Å². The molecule has 1 unspecified atom stereocenters. The molecule has 1 saturated carbocycles. The predicted molar refractivity (Wildman–Crippen MR) is 105 cm³/mol. The molecule has 1 saturated heterocycles. The van der Waals surface area contributed by atoms with Gasteiger partial charge in [0.1, 0.15) is 11.6 Å². The molecule has 4 rings (SSSR count). The Morgan fingerprint density at radius 3 is 2.81 bits per heavy atom. The van der Waals surface area contributed by atoms with E-state index in [4.69, 9.17) is 0 Å². The summed E-state index contributed by atoms with van der Waals surface area (Å²) < 4.78 is 0. The fraction of sp³-hybridized carbons (Fsp3) is 0.429. The van der Waals surface area contributed by atoms with Crippen LogP contribution >= 0.6 is 0 Å². The van der Waals surface area contributed by atoms with Crippen LogP contribution in [-0.2, 0) is 6.54 Å².